The first-order chi connectivity index (χ1) is 14.4. The molecule has 1 aliphatic carbocycles. The summed E-state index contributed by atoms with van der Waals surface area (Å²) in [7, 11) is 1.98. The van der Waals surface area contributed by atoms with Gasteiger partial charge in [0.15, 0.2) is 5.16 Å². The quantitative estimate of drug-likeness (QED) is 0.784. The number of aryl methyl sites for hydroxylation is 1. The average molecular weight is 435 g/mol. The maximum atomic E-state index is 14.0. The predicted octanol–water partition coefficient (Wildman–Crippen LogP) is 3.27. The number of hydrogen-bond acceptors (Lipinski definition) is 4. The van der Waals surface area contributed by atoms with Crippen LogP contribution in [0, 0.1) is 17.6 Å². The second-order valence-corrected chi connectivity index (χ2v) is 9.19. The summed E-state index contributed by atoms with van der Waals surface area (Å²) in [4.78, 5) is 30.6. The molecule has 4 rings (SSSR count). The molecule has 0 spiro atoms. The Balaban J connectivity index is 1.28. The molecule has 1 N–H and O–H groups in total. The van der Waals surface area contributed by atoms with Gasteiger partial charge in [-0.15, -0.1) is 0 Å². The van der Waals surface area contributed by atoms with E-state index in [0.717, 1.165) is 43.0 Å². The molecule has 2 amide bonds. The van der Waals surface area contributed by atoms with E-state index in [2.05, 4.69) is 10.3 Å². The molecular formula is C21H24F2N4O2S. The number of amides is 2. The zero-order chi connectivity index (χ0) is 21.3. The second kappa shape index (κ2) is 8.75. The maximum Gasteiger partial charge on any atom is 0.227 e. The van der Waals surface area contributed by atoms with Gasteiger partial charge in [0.05, 0.1) is 11.6 Å². The Labute approximate surface area is 178 Å². The lowest BCUT2D eigenvalue weighted by molar-refractivity contribution is -0.127. The molecule has 0 radical (unpaired) electrons. The van der Waals surface area contributed by atoms with Gasteiger partial charge >= 0.3 is 0 Å². The number of aromatic nitrogens is 2. The standard InChI is InChI=1S/C21H24F2N4O2S/c1-26-9-8-24-21(26)30-16-5-3-15(4-6-16)25-20(29)13-10-19(28)27(12-13)18-7-2-14(22)11-17(18)23/h2,7-9,11,13,15-16H,3-6,10,12H2,1H3,(H,25,29). The molecule has 1 unspecified atom stereocenters. The molecule has 1 atom stereocenters. The van der Waals surface area contributed by atoms with Gasteiger partial charge < -0.3 is 14.8 Å². The number of carbonyl (C=O) groups is 2. The molecule has 2 aromatic rings. The van der Waals surface area contributed by atoms with Crippen molar-refractivity contribution >= 4 is 29.3 Å². The van der Waals surface area contributed by atoms with Gasteiger partial charge in [-0.25, -0.2) is 13.8 Å². The molecule has 2 heterocycles. The number of nitrogens with zero attached hydrogens (tertiary/aromatic N) is 3. The minimum atomic E-state index is -0.798. The first-order valence-corrected chi connectivity index (χ1v) is 11.0. The Morgan fingerprint density at radius 2 is 2.00 bits per heavy atom. The molecule has 1 saturated heterocycles. The van der Waals surface area contributed by atoms with E-state index in [9.17, 15) is 18.4 Å². The van der Waals surface area contributed by atoms with Crippen LogP contribution in [0.15, 0.2) is 35.7 Å². The van der Waals surface area contributed by atoms with Crippen LogP contribution in [-0.4, -0.2) is 39.2 Å². The Bertz CT molecular complexity index is 943. The van der Waals surface area contributed by atoms with Crippen LogP contribution in [0.2, 0.25) is 0 Å². The van der Waals surface area contributed by atoms with Gasteiger partial charge in [-0.2, -0.15) is 0 Å². The van der Waals surface area contributed by atoms with Crippen LogP contribution in [-0.2, 0) is 16.6 Å². The van der Waals surface area contributed by atoms with Crippen LogP contribution in [0.4, 0.5) is 14.5 Å². The highest BCUT2D eigenvalue weighted by Gasteiger charge is 2.37. The van der Waals surface area contributed by atoms with Crippen LogP contribution in [0.3, 0.4) is 0 Å². The summed E-state index contributed by atoms with van der Waals surface area (Å²) < 4.78 is 29.2. The monoisotopic (exact) mass is 434 g/mol. The highest BCUT2D eigenvalue weighted by atomic mass is 32.2. The summed E-state index contributed by atoms with van der Waals surface area (Å²) in [5.41, 5.74) is 0.0171. The molecule has 1 aromatic carbocycles. The Morgan fingerprint density at radius 3 is 2.67 bits per heavy atom. The number of rotatable bonds is 5. The highest BCUT2D eigenvalue weighted by Crippen LogP contribution is 2.33. The summed E-state index contributed by atoms with van der Waals surface area (Å²) in [5.74, 6) is -2.52. The van der Waals surface area contributed by atoms with Crippen molar-refractivity contribution in [3.63, 3.8) is 0 Å². The van der Waals surface area contributed by atoms with Crippen LogP contribution < -0.4 is 10.2 Å². The van der Waals surface area contributed by atoms with E-state index in [1.165, 1.54) is 11.0 Å². The summed E-state index contributed by atoms with van der Waals surface area (Å²) in [5, 5.41) is 4.54. The van der Waals surface area contributed by atoms with Crippen molar-refractivity contribution < 1.29 is 18.4 Å². The minimum Gasteiger partial charge on any atom is -0.353 e. The van der Waals surface area contributed by atoms with Crippen molar-refractivity contribution in [2.24, 2.45) is 13.0 Å². The molecule has 160 valence electrons. The molecular weight excluding hydrogens is 410 g/mol. The number of anilines is 1. The van der Waals surface area contributed by atoms with Gasteiger partial charge in [0.1, 0.15) is 11.6 Å². The average Bonchev–Trinajstić information content (AvgIpc) is 3.29. The van der Waals surface area contributed by atoms with E-state index < -0.39 is 17.6 Å². The summed E-state index contributed by atoms with van der Waals surface area (Å²) >= 11 is 1.77. The van der Waals surface area contributed by atoms with E-state index in [4.69, 9.17) is 0 Å². The summed E-state index contributed by atoms with van der Waals surface area (Å²) in [6.45, 7) is 0.109. The Hall–Kier alpha value is -2.42. The van der Waals surface area contributed by atoms with E-state index in [1.54, 1.807) is 18.0 Å². The lowest BCUT2D eigenvalue weighted by Gasteiger charge is -2.29. The molecule has 2 fully saturated rings. The first-order valence-electron chi connectivity index (χ1n) is 10.1. The van der Waals surface area contributed by atoms with Crippen LogP contribution >= 0.6 is 11.8 Å². The van der Waals surface area contributed by atoms with Crippen molar-refractivity contribution in [2.45, 2.75) is 48.6 Å². The molecule has 1 aromatic heterocycles. The lowest BCUT2D eigenvalue weighted by atomic mass is 9.94. The molecule has 0 bridgehead atoms. The van der Waals surface area contributed by atoms with Crippen molar-refractivity contribution in [3.8, 4) is 0 Å². The fourth-order valence-corrected chi connectivity index (χ4v) is 5.23. The number of benzene rings is 1. The molecule has 1 aliphatic heterocycles. The van der Waals surface area contributed by atoms with Crippen LogP contribution in [0.5, 0.6) is 0 Å². The number of thioether (sulfide) groups is 1. The van der Waals surface area contributed by atoms with E-state index in [1.807, 2.05) is 17.8 Å². The van der Waals surface area contributed by atoms with Gasteiger partial charge in [0.2, 0.25) is 11.8 Å². The summed E-state index contributed by atoms with van der Waals surface area (Å²) in [6, 6.07) is 3.18. The third-order valence-corrected chi connectivity index (χ3v) is 7.17. The van der Waals surface area contributed by atoms with Crippen LogP contribution in [0.25, 0.3) is 0 Å². The smallest absolute Gasteiger partial charge is 0.227 e. The van der Waals surface area contributed by atoms with Gasteiger partial charge in [-0.1, -0.05) is 11.8 Å². The zero-order valence-corrected chi connectivity index (χ0v) is 17.5. The molecule has 2 aliphatic rings. The fraction of sp³-hybridized carbons (Fsp3) is 0.476. The number of halogens is 2. The predicted molar refractivity (Wildman–Crippen MR) is 110 cm³/mol. The molecule has 9 heteroatoms. The normalized spacial score (nSPS) is 24.3. The zero-order valence-electron chi connectivity index (χ0n) is 16.7. The lowest BCUT2D eigenvalue weighted by Crippen LogP contribution is -2.42. The van der Waals surface area contributed by atoms with Crippen molar-refractivity contribution in [3.05, 3.63) is 42.2 Å². The Morgan fingerprint density at radius 1 is 1.23 bits per heavy atom. The number of nitrogens with one attached hydrogen (secondary N) is 1. The largest absolute Gasteiger partial charge is 0.353 e. The Kier molecular flexibility index (Phi) is 6.08. The highest BCUT2D eigenvalue weighted by molar-refractivity contribution is 7.99. The third kappa shape index (κ3) is 4.50. The molecule has 6 nitrogen and oxygen atoms in total. The topological polar surface area (TPSA) is 67.2 Å². The minimum absolute atomic E-state index is 0.0171. The third-order valence-electron chi connectivity index (χ3n) is 5.77. The van der Waals surface area contributed by atoms with E-state index in [-0.39, 0.29) is 36.5 Å². The first kappa shape index (κ1) is 20.8. The number of carbonyl (C=O) groups excluding carboxylic acids is 2. The van der Waals surface area contributed by atoms with Crippen LogP contribution in [0.1, 0.15) is 32.1 Å². The van der Waals surface area contributed by atoms with Crippen molar-refractivity contribution in [1.29, 1.82) is 0 Å². The van der Waals surface area contributed by atoms with Gasteiger partial charge in [0.25, 0.3) is 0 Å². The van der Waals surface area contributed by atoms with Gasteiger partial charge in [-0.05, 0) is 37.8 Å². The van der Waals surface area contributed by atoms with Crippen molar-refractivity contribution in [1.82, 2.24) is 14.9 Å². The molecule has 30 heavy (non-hydrogen) atoms. The number of hydrogen-bond donors (Lipinski definition) is 1. The second-order valence-electron chi connectivity index (χ2n) is 7.92. The SMILES string of the molecule is Cn1ccnc1SC1CCC(NC(=O)C2CC(=O)N(c3ccc(F)cc3F)C2)CC1. The fourth-order valence-electron chi connectivity index (χ4n) is 4.07. The van der Waals surface area contributed by atoms with Gasteiger partial charge in [-0.3, -0.25) is 9.59 Å². The van der Waals surface area contributed by atoms with E-state index >= 15 is 0 Å². The van der Waals surface area contributed by atoms with E-state index in [0.29, 0.717) is 5.25 Å². The van der Waals surface area contributed by atoms with Crippen molar-refractivity contribution in [2.75, 3.05) is 11.4 Å². The summed E-state index contributed by atoms with van der Waals surface area (Å²) in [6.07, 6.45) is 7.48. The van der Waals surface area contributed by atoms with Gasteiger partial charge in [0, 0.05) is 49.8 Å². The molecule has 1 saturated carbocycles. The number of imidazole rings is 1. The maximum absolute atomic E-state index is 14.0.